The number of carbonyl (C=O) groups excluding carboxylic acids is 1. The summed E-state index contributed by atoms with van der Waals surface area (Å²) in [5.74, 6) is 0.103. The molecule has 5 heteroatoms. The highest BCUT2D eigenvalue weighted by molar-refractivity contribution is 5.78. The second kappa shape index (κ2) is 7.34. The van der Waals surface area contributed by atoms with Crippen molar-refractivity contribution in [3.05, 3.63) is 0 Å². The highest BCUT2D eigenvalue weighted by Crippen LogP contribution is 2.05. The second-order valence-electron chi connectivity index (χ2n) is 4.99. The molecule has 0 aliphatic carbocycles. The van der Waals surface area contributed by atoms with Gasteiger partial charge in [0.1, 0.15) is 0 Å². The van der Waals surface area contributed by atoms with Crippen LogP contribution in [0.1, 0.15) is 27.2 Å². The average molecular weight is 252 g/mol. The third-order valence-electron chi connectivity index (χ3n) is 3.53. The van der Waals surface area contributed by atoms with E-state index in [1.54, 1.807) is 0 Å². The molecule has 0 radical (unpaired) electrons. The van der Waals surface area contributed by atoms with Crippen LogP contribution in [-0.4, -0.2) is 60.5 Å². The third-order valence-corrected chi connectivity index (χ3v) is 3.53. The van der Waals surface area contributed by atoms with Gasteiger partial charge in [-0.15, -0.1) is 0 Å². The first-order valence-corrected chi connectivity index (χ1v) is 6.72. The summed E-state index contributed by atoms with van der Waals surface area (Å²) >= 11 is 0. The Balaban J connectivity index is 2.27. The van der Waals surface area contributed by atoms with E-state index in [9.17, 15) is 4.79 Å². The molecule has 1 amide bonds. The van der Waals surface area contributed by atoms with E-state index in [0.717, 1.165) is 32.6 Å². The normalized spacial score (nSPS) is 21.0. The molecule has 0 spiro atoms. The van der Waals surface area contributed by atoms with Crippen LogP contribution in [0, 0.1) is 11.3 Å². The van der Waals surface area contributed by atoms with Crippen molar-refractivity contribution in [2.75, 3.05) is 32.7 Å². The minimum atomic E-state index is -0.0268. The van der Waals surface area contributed by atoms with Gasteiger partial charge in [-0.2, -0.15) is 5.26 Å². The minimum Gasteiger partial charge on any atom is -0.353 e. The molecule has 2 unspecified atom stereocenters. The zero-order valence-electron chi connectivity index (χ0n) is 11.6. The number of nitrogens with one attached hydrogen (secondary N) is 1. The van der Waals surface area contributed by atoms with Crippen LogP contribution >= 0.6 is 0 Å². The van der Waals surface area contributed by atoms with E-state index < -0.39 is 0 Å². The lowest BCUT2D eigenvalue weighted by Crippen LogP contribution is -2.52. The van der Waals surface area contributed by atoms with Gasteiger partial charge in [0, 0.05) is 32.2 Å². The number of hydrogen-bond acceptors (Lipinski definition) is 4. The molecule has 0 saturated carbocycles. The molecule has 1 aliphatic heterocycles. The van der Waals surface area contributed by atoms with E-state index in [0.29, 0.717) is 6.54 Å². The van der Waals surface area contributed by atoms with Gasteiger partial charge < -0.3 is 5.32 Å². The van der Waals surface area contributed by atoms with Crippen LogP contribution in [0.5, 0.6) is 0 Å². The second-order valence-corrected chi connectivity index (χ2v) is 4.99. The lowest BCUT2D eigenvalue weighted by Gasteiger charge is -2.35. The van der Waals surface area contributed by atoms with E-state index in [1.165, 1.54) is 0 Å². The summed E-state index contributed by atoms with van der Waals surface area (Å²) in [4.78, 5) is 16.0. The van der Waals surface area contributed by atoms with E-state index >= 15 is 0 Å². The van der Waals surface area contributed by atoms with Gasteiger partial charge in [-0.25, -0.2) is 0 Å². The summed E-state index contributed by atoms with van der Waals surface area (Å²) in [6.07, 6.45) is 0.958. The number of nitriles is 1. The molecule has 0 bridgehead atoms. The Labute approximate surface area is 110 Å². The van der Waals surface area contributed by atoms with Crippen molar-refractivity contribution in [3.63, 3.8) is 0 Å². The largest absolute Gasteiger partial charge is 0.353 e. The number of nitrogens with zero attached hydrogens (tertiary/aromatic N) is 3. The van der Waals surface area contributed by atoms with E-state index in [4.69, 9.17) is 5.26 Å². The lowest BCUT2D eigenvalue weighted by atomic mass is 10.2. The van der Waals surface area contributed by atoms with Gasteiger partial charge in [-0.05, 0) is 20.3 Å². The summed E-state index contributed by atoms with van der Waals surface area (Å²) in [7, 11) is 0. The van der Waals surface area contributed by atoms with Gasteiger partial charge in [-0.3, -0.25) is 14.6 Å². The SMILES string of the molecule is CCC(C)NC(=O)CN1CCN(C(C)C#N)CC1. The molecule has 0 aromatic heterocycles. The van der Waals surface area contributed by atoms with Crippen molar-refractivity contribution in [3.8, 4) is 6.07 Å². The van der Waals surface area contributed by atoms with Crippen LogP contribution in [0.2, 0.25) is 0 Å². The van der Waals surface area contributed by atoms with Crippen LogP contribution in [0.25, 0.3) is 0 Å². The van der Waals surface area contributed by atoms with Gasteiger partial charge >= 0.3 is 0 Å². The quantitative estimate of drug-likeness (QED) is 0.771. The fourth-order valence-corrected chi connectivity index (χ4v) is 2.02. The van der Waals surface area contributed by atoms with Crippen molar-refractivity contribution in [1.82, 2.24) is 15.1 Å². The summed E-state index contributed by atoms with van der Waals surface area (Å²) in [6, 6.07) is 2.47. The highest BCUT2D eigenvalue weighted by Gasteiger charge is 2.22. The maximum atomic E-state index is 11.7. The molecule has 1 N–H and O–H groups in total. The maximum absolute atomic E-state index is 11.7. The zero-order chi connectivity index (χ0) is 13.5. The van der Waals surface area contributed by atoms with Crippen LogP contribution < -0.4 is 5.32 Å². The van der Waals surface area contributed by atoms with Crippen molar-refractivity contribution >= 4 is 5.91 Å². The monoisotopic (exact) mass is 252 g/mol. The number of hydrogen-bond donors (Lipinski definition) is 1. The molecular formula is C13H24N4O. The van der Waals surface area contributed by atoms with Crippen molar-refractivity contribution in [1.29, 1.82) is 5.26 Å². The highest BCUT2D eigenvalue weighted by atomic mass is 16.2. The van der Waals surface area contributed by atoms with Crippen LogP contribution in [0.4, 0.5) is 0 Å². The zero-order valence-corrected chi connectivity index (χ0v) is 11.6. The standard InChI is InChI=1S/C13H24N4O/c1-4-11(2)15-13(18)10-16-5-7-17(8-6-16)12(3)9-14/h11-12H,4-8,10H2,1-3H3,(H,15,18). The fraction of sp³-hybridized carbons (Fsp3) is 0.846. The summed E-state index contributed by atoms with van der Waals surface area (Å²) in [5.41, 5.74) is 0. The fourth-order valence-electron chi connectivity index (χ4n) is 2.02. The third kappa shape index (κ3) is 4.63. The molecule has 1 aliphatic rings. The smallest absolute Gasteiger partial charge is 0.234 e. The predicted molar refractivity (Wildman–Crippen MR) is 71.0 cm³/mol. The Kier molecular flexibility index (Phi) is 6.10. The van der Waals surface area contributed by atoms with Gasteiger partial charge in [0.05, 0.1) is 18.7 Å². The summed E-state index contributed by atoms with van der Waals surface area (Å²) in [5, 5.41) is 11.8. The van der Waals surface area contributed by atoms with E-state index in [1.807, 2.05) is 13.8 Å². The van der Waals surface area contributed by atoms with Crippen LogP contribution in [-0.2, 0) is 4.79 Å². The molecule has 102 valence electrons. The first-order valence-electron chi connectivity index (χ1n) is 6.72. The molecule has 18 heavy (non-hydrogen) atoms. The molecule has 1 heterocycles. The maximum Gasteiger partial charge on any atom is 0.234 e. The first kappa shape index (κ1) is 14.9. The van der Waals surface area contributed by atoms with E-state index in [2.05, 4.69) is 28.1 Å². The van der Waals surface area contributed by atoms with Crippen LogP contribution in [0.15, 0.2) is 0 Å². The Morgan fingerprint density at radius 2 is 1.94 bits per heavy atom. The molecule has 1 fully saturated rings. The molecule has 0 aromatic carbocycles. The van der Waals surface area contributed by atoms with Gasteiger partial charge in [-0.1, -0.05) is 6.92 Å². The van der Waals surface area contributed by atoms with Gasteiger partial charge in [0.25, 0.3) is 0 Å². The summed E-state index contributed by atoms with van der Waals surface area (Å²) < 4.78 is 0. The Morgan fingerprint density at radius 3 is 2.44 bits per heavy atom. The summed E-state index contributed by atoms with van der Waals surface area (Å²) in [6.45, 7) is 9.93. The first-order chi connectivity index (χ1) is 8.56. The molecule has 0 aromatic rings. The Bertz CT molecular complexity index is 305. The van der Waals surface area contributed by atoms with Crippen molar-refractivity contribution in [2.24, 2.45) is 0 Å². The van der Waals surface area contributed by atoms with E-state index in [-0.39, 0.29) is 18.0 Å². The number of carbonyl (C=O) groups is 1. The molecule has 1 saturated heterocycles. The molecular weight excluding hydrogens is 228 g/mol. The Hall–Kier alpha value is -1.12. The molecule has 1 rings (SSSR count). The lowest BCUT2D eigenvalue weighted by molar-refractivity contribution is -0.123. The molecule has 2 atom stereocenters. The van der Waals surface area contributed by atoms with Crippen molar-refractivity contribution < 1.29 is 4.79 Å². The van der Waals surface area contributed by atoms with Crippen molar-refractivity contribution in [2.45, 2.75) is 39.3 Å². The minimum absolute atomic E-state index is 0.0268. The predicted octanol–water partition coefficient (Wildman–Crippen LogP) is 0.431. The van der Waals surface area contributed by atoms with Gasteiger partial charge in [0.2, 0.25) is 5.91 Å². The number of rotatable bonds is 5. The average Bonchev–Trinajstić information content (AvgIpc) is 2.38. The molecule has 5 nitrogen and oxygen atoms in total. The number of piperazine rings is 1. The topological polar surface area (TPSA) is 59.4 Å². The van der Waals surface area contributed by atoms with Gasteiger partial charge in [0.15, 0.2) is 0 Å². The Morgan fingerprint density at radius 1 is 1.33 bits per heavy atom. The van der Waals surface area contributed by atoms with Crippen LogP contribution in [0.3, 0.4) is 0 Å². The number of amides is 1.